The van der Waals surface area contributed by atoms with Crippen LogP contribution in [0.25, 0.3) is 33.4 Å². The number of nitrogens with one attached hydrogen (secondary N) is 4. The minimum Gasteiger partial charge on any atom is -0.508 e. The van der Waals surface area contributed by atoms with Crippen molar-refractivity contribution in [1.29, 1.82) is 0 Å². The summed E-state index contributed by atoms with van der Waals surface area (Å²) in [4.78, 5) is 61.8. The highest BCUT2D eigenvalue weighted by Crippen LogP contribution is 2.59. The van der Waals surface area contributed by atoms with Gasteiger partial charge in [0.25, 0.3) is 6.47 Å². The predicted molar refractivity (Wildman–Crippen MR) is 336 cm³/mol. The molecule has 6 N–H and O–H groups in total. The fourth-order valence-electron chi connectivity index (χ4n) is 12.4. The lowest BCUT2D eigenvalue weighted by Gasteiger charge is -2.44. The molecule has 468 valence electrons. The standard InChI is InChI=1S/C67H90N4O14S/c1-46-13-17-51(73)41-49(46)15-14-48-11-10-27-67(3)57(23-24-58(48)67)47(2)59(76)12-6-4-7-28-68-63(77)25-31-79-33-35-81-37-39-83-40-38-82-36-34-80-32-26-64(78)69-29-8-5-9-30-70-66(86)71-50-16-20-54(60(42-50)84-45-72)65-55-21-18-52(74)43-61(55)85-62-44-53(75)19-22-56(62)65/h14-16,18-22,42-45,47,51,57-58,73-74H,1,4-13,17,23-41H2,2-3H3,(H,68,77)(H,69,78)(H2,70,71,86)/b48-14+,49-15-/t47-,51-,57+,58-,67+/m0/s1. The van der Waals surface area contributed by atoms with Crippen molar-refractivity contribution in [2.24, 2.45) is 23.2 Å². The van der Waals surface area contributed by atoms with Gasteiger partial charge in [0, 0.05) is 90.8 Å². The van der Waals surface area contributed by atoms with Gasteiger partial charge in [-0.15, -0.1) is 0 Å². The lowest BCUT2D eigenvalue weighted by atomic mass is 9.60. The number of ether oxygens (including phenoxy) is 6. The molecule has 2 aromatic rings. The molecule has 2 amide bonds. The molecule has 0 bridgehead atoms. The molecule has 3 fully saturated rings. The smallest absolute Gasteiger partial charge is 0.298 e. The van der Waals surface area contributed by atoms with Gasteiger partial charge in [0.05, 0.1) is 72.2 Å². The number of carbonyl (C=O) groups is 4. The number of rotatable bonds is 37. The Morgan fingerprint density at radius 1 is 0.744 bits per heavy atom. The number of thiocarbonyl (C=S) groups is 1. The quantitative estimate of drug-likeness (QED) is 0.0106. The first-order valence-electron chi connectivity index (χ1n) is 30.9. The molecule has 0 aromatic heterocycles. The van der Waals surface area contributed by atoms with E-state index in [4.69, 9.17) is 45.1 Å². The van der Waals surface area contributed by atoms with Crippen LogP contribution in [0.4, 0.5) is 5.69 Å². The number of anilines is 1. The molecule has 7 rings (SSSR count). The van der Waals surface area contributed by atoms with E-state index in [0.29, 0.717) is 167 Å². The number of aliphatic hydroxyl groups excluding tert-OH is 1. The van der Waals surface area contributed by atoms with Crippen molar-refractivity contribution in [2.45, 2.75) is 129 Å². The van der Waals surface area contributed by atoms with Crippen molar-refractivity contribution in [2.75, 3.05) is 91.0 Å². The highest BCUT2D eigenvalue weighted by molar-refractivity contribution is 7.80. The van der Waals surface area contributed by atoms with Gasteiger partial charge in [-0.05, 0) is 155 Å². The zero-order chi connectivity index (χ0) is 61.1. The van der Waals surface area contributed by atoms with Gasteiger partial charge in [-0.2, -0.15) is 0 Å². The predicted octanol–water partition coefficient (Wildman–Crippen LogP) is 10.3. The normalized spacial score (nSPS) is 19.8. The van der Waals surface area contributed by atoms with E-state index in [0.717, 1.165) is 82.6 Å². The van der Waals surface area contributed by atoms with Crippen LogP contribution in [0, 0.1) is 23.2 Å². The number of hydrogen-bond donors (Lipinski definition) is 6. The van der Waals surface area contributed by atoms with E-state index in [1.807, 2.05) is 0 Å². The van der Waals surface area contributed by atoms with Crippen molar-refractivity contribution in [3.63, 3.8) is 0 Å². The monoisotopic (exact) mass is 1210 g/mol. The van der Waals surface area contributed by atoms with Crippen molar-refractivity contribution in [1.82, 2.24) is 16.0 Å². The maximum Gasteiger partial charge on any atom is 0.298 e. The van der Waals surface area contributed by atoms with Crippen LogP contribution in [0.15, 0.2) is 99.3 Å². The van der Waals surface area contributed by atoms with Crippen molar-refractivity contribution in [3.8, 4) is 33.9 Å². The van der Waals surface area contributed by atoms with Crippen LogP contribution in [0.5, 0.6) is 11.5 Å². The summed E-state index contributed by atoms with van der Waals surface area (Å²) < 4.78 is 39.2. The molecule has 0 spiro atoms. The summed E-state index contributed by atoms with van der Waals surface area (Å²) >= 11 is 5.52. The van der Waals surface area contributed by atoms with Crippen LogP contribution in [0.2, 0.25) is 0 Å². The number of aliphatic hydroxyl groups is 1. The zero-order valence-electron chi connectivity index (χ0n) is 50.4. The van der Waals surface area contributed by atoms with E-state index < -0.39 is 0 Å². The second-order valence-corrected chi connectivity index (χ2v) is 23.4. The highest BCUT2D eigenvalue weighted by atomic mass is 32.1. The second kappa shape index (κ2) is 35.5. The van der Waals surface area contributed by atoms with Gasteiger partial charge in [0.15, 0.2) is 10.5 Å². The number of hydrogen-bond acceptors (Lipinski definition) is 15. The Balaban J connectivity index is 0.608. The maximum atomic E-state index is 13.4. The number of allylic oxidation sites excluding steroid dienone is 4. The molecule has 0 unspecified atom stereocenters. The van der Waals surface area contributed by atoms with E-state index >= 15 is 0 Å². The molecule has 3 saturated carbocycles. The summed E-state index contributed by atoms with van der Waals surface area (Å²) in [5.74, 6) is 1.80. The molecule has 5 atom stereocenters. The Kier molecular flexibility index (Phi) is 27.7. The van der Waals surface area contributed by atoms with E-state index in [-0.39, 0.29) is 59.0 Å². The lowest BCUT2D eigenvalue weighted by Crippen LogP contribution is -2.38. The molecular weight excluding hydrogens is 1120 g/mol. The number of phenols is 1. The fourth-order valence-corrected chi connectivity index (χ4v) is 12.6. The van der Waals surface area contributed by atoms with Crippen LogP contribution < -0.4 is 31.4 Å². The molecule has 1 aliphatic heterocycles. The number of benzene rings is 3. The van der Waals surface area contributed by atoms with Crippen LogP contribution in [0.3, 0.4) is 0 Å². The Morgan fingerprint density at radius 3 is 2.03 bits per heavy atom. The summed E-state index contributed by atoms with van der Waals surface area (Å²) in [6, 6.07) is 14.4. The second-order valence-electron chi connectivity index (χ2n) is 23.0. The number of unbranched alkanes of at least 4 members (excludes halogenated alkanes) is 4. The van der Waals surface area contributed by atoms with Crippen LogP contribution in [0.1, 0.15) is 123 Å². The lowest BCUT2D eigenvalue weighted by molar-refractivity contribution is -0.126. The molecule has 0 saturated heterocycles. The molecule has 2 aromatic carbocycles. The Hall–Kier alpha value is -6.32. The third-order valence-electron chi connectivity index (χ3n) is 17.0. The molecule has 4 aliphatic carbocycles. The largest absolute Gasteiger partial charge is 0.508 e. The molecule has 18 nitrogen and oxygen atoms in total. The van der Waals surface area contributed by atoms with Gasteiger partial charge in [-0.3, -0.25) is 24.0 Å². The number of aromatic hydroxyl groups is 1. The number of ketones is 1. The van der Waals surface area contributed by atoms with Gasteiger partial charge in [0.2, 0.25) is 11.8 Å². The van der Waals surface area contributed by atoms with Gasteiger partial charge in [-0.1, -0.05) is 50.1 Å². The van der Waals surface area contributed by atoms with Gasteiger partial charge in [-0.25, -0.2) is 0 Å². The van der Waals surface area contributed by atoms with Crippen LogP contribution in [-0.4, -0.2) is 131 Å². The van der Waals surface area contributed by atoms with Crippen LogP contribution >= 0.6 is 12.2 Å². The minimum atomic E-state index is -0.268. The van der Waals surface area contributed by atoms with E-state index in [2.05, 4.69) is 53.8 Å². The number of fused-ring (bicyclic) bond motifs is 3. The zero-order valence-corrected chi connectivity index (χ0v) is 51.2. The summed E-state index contributed by atoms with van der Waals surface area (Å²) in [5, 5.41) is 33.5. The molecule has 19 heteroatoms. The van der Waals surface area contributed by atoms with E-state index in [9.17, 15) is 34.2 Å². The molecule has 86 heavy (non-hydrogen) atoms. The van der Waals surface area contributed by atoms with Gasteiger partial charge in [0.1, 0.15) is 28.6 Å². The van der Waals surface area contributed by atoms with Gasteiger partial charge < -0.3 is 64.3 Å². The average Bonchev–Trinajstić information content (AvgIpc) is 1.35. The Bertz CT molecular complexity index is 2980. The highest BCUT2D eigenvalue weighted by Gasteiger charge is 2.51. The SMILES string of the molecule is C=C1CC[C@H](O)C/C1=C/C=C1\CCC[C@]2(C)[C@@H]([C@H](C)C(=O)CCCCCNC(=O)CCOCCOCCOCCOCCOCCC(=O)NCCCCCNC(=S)Nc3ccc(-c4c5ccc(=O)cc-5oc5cc(O)ccc45)c(OC=O)c3)CC[C@@H]12. The van der Waals surface area contributed by atoms with E-state index in [1.165, 1.54) is 41.8 Å². The molecule has 0 radical (unpaired) electrons. The summed E-state index contributed by atoms with van der Waals surface area (Å²) in [6.45, 7) is 14.7. The number of phenolic OH excluding ortho intramolecular Hbond substituents is 1. The van der Waals surface area contributed by atoms with Gasteiger partial charge >= 0.3 is 0 Å². The van der Waals surface area contributed by atoms with Crippen LogP contribution in [-0.2, 0) is 42.9 Å². The first-order chi connectivity index (χ1) is 41.7. The number of amides is 2. The first-order valence-corrected chi connectivity index (χ1v) is 31.3. The molecular formula is C67H90N4O14S. The number of carbonyl (C=O) groups excluding carboxylic acids is 4. The third-order valence-corrected chi connectivity index (χ3v) is 17.3. The summed E-state index contributed by atoms with van der Waals surface area (Å²) in [7, 11) is 0. The fraction of sp³-hybridized carbons (Fsp3) is 0.552. The topological polar surface area (TPSA) is 242 Å². The Morgan fingerprint density at radius 2 is 1.37 bits per heavy atom. The first kappa shape index (κ1) is 67.2. The molecule has 1 heterocycles. The van der Waals surface area contributed by atoms with Crippen molar-refractivity contribution in [3.05, 3.63) is 100 Å². The number of Topliss-reactive ketones (excluding diaryl/α,β-unsaturated/α-hetero) is 1. The average molecular weight is 1210 g/mol. The minimum absolute atomic E-state index is 0.000259. The summed E-state index contributed by atoms with van der Waals surface area (Å²) in [6.07, 6.45) is 18.5. The van der Waals surface area contributed by atoms with Crippen molar-refractivity contribution < 1.29 is 62.2 Å². The van der Waals surface area contributed by atoms with E-state index in [1.54, 1.807) is 30.3 Å². The van der Waals surface area contributed by atoms with Crippen molar-refractivity contribution >= 4 is 58.1 Å². The third kappa shape index (κ3) is 20.7. The maximum absolute atomic E-state index is 13.4. The summed E-state index contributed by atoms with van der Waals surface area (Å²) in [5.41, 5.74) is 6.57. The molecule has 5 aliphatic rings. The Labute approximate surface area is 511 Å².